The molecule has 0 saturated heterocycles. The van der Waals surface area contributed by atoms with Crippen molar-refractivity contribution in [1.82, 2.24) is 5.32 Å². The Kier molecular flexibility index (Phi) is 5.22. The van der Waals surface area contributed by atoms with E-state index >= 15 is 0 Å². The molecule has 5 heteroatoms. The molecule has 19 heavy (non-hydrogen) atoms. The average molecular weight is 283 g/mol. The molecule has 104 valence electrons. The molecule has 1 aromatic carbocycles. The zero-order valence-corrected chi connectivity index (χ0v) is 11.5. The highest BCUT2D eigenvalue weighted by atomic mass is 32.2. The standard InChI is InChI=1S/C14H18FNO2S/c15-10-5-7-11(8-6-10)19-9-14(18)16-12-3-1-2-4-13(12)17/h5-8,12-13,17H,1-4,9H2,(H,16,18). The lowest BCUT2D eigenvalue weighted by molar-refractivity contribution is -0.120. The van der Waals surface area contributed by atoms with E-state index in [4.69, 9.17) is 0 Å². The van der Waals surface area contributed by atoms with Gasteiger partial charge in [-0.05, 0) is 37.1 Å². The van der Waals surface area contributed by atoms with Crippen molar-refractivity contribution in [2.75, 3.05) is 5.75 Å². The second-order valence-electron chi connectivity index (χ2n) is 4.77. The van der Waals surface area contributed by atoms with Crippen molar-refractivity contribution < 1.29 is 14.3 Å². The lowest BCUT2D eigenvalue weighted by Gasteiger charge is -2.28. The maximum atomic E-state index is 12.7. The van der Waals surface area contributed by atoms with Crippen LogP contribution in [0.5, 0.6) is 0 Å². The Balaban J connectivity index is 1.76. The molecule has 1 aliphatic carbocycles. The molecule has 0 bridgehead atoms. The number of carbonyl (C=O) groups excluding carboxylic acids is 1. The van der Waals surface area contributed by atoms with Gasteiger partial charge in [0, 0.05) is 4.90 Å². The van der Waals surface area contributed by atoms with E-state index in [0.717, 1.165) is 30.6 Å². The Morgan fingerprint density at radius 2 is 2.00 bits per heavy atom. The average Bonchev–Trinajstić information content (AvgIpc) is 2.41. The summed E-state index contributed by atoms with van der Waals surface area (Å²) in [6.07, 6.45) is 3.25. The topological polar surface area (TPSA) is 49.3 Å². The van der Waals surface area contributed by atoms with Crippen molar-refractivity contribution in [3.8, 4) is 0 Å². The van der Waals surface area contributed by atoms with Crippen LogP contribution in [0.15, 0.2) is 29.2 Å². The highest BCUT2D eigenvalue weighted by Gasteiger charge is 2.24. The van der Waals surface area contributed by atoms with Crippen LogP contribution in [-0.4, -0.2) is 28.9 Å². The molecule has 2 N–H and O–H groups in total. The molecule has 2 rings (SSSR count). The van der Waals surface area contributed by atoms with Crippen molar-refractivity contribution in [2.24, 2.45) is 0 Å². The van der Waals surface area contributed by atoms with Gasteiger partial charge in [-0.15, -0.1) is 11.8 Å². The molecular weight excluding hydrogens is 265 g/mol. The first kappa shape index (κ1) is 14.3. The number of rotatable bonds is 4. The van der Waals surface area contributed by atoms with Crippen molar-refractivity contribution in [1.29, 1.82) is 0 Å². The van der Waals surface area contributed by atoms with Crippen LogP contribution >= 0.6 is 11.8 Å². The van der Waals surface area contributed by atoms with Crippen LogP contribution in [0, 0.1) is 5.82 Å². The van der Waals surface area contributed by atoms with Crippen LogP contribution in [0.3, 0.4) is 0 Å². The van der Waals surface area contributed by atoms with E-state index in [1.807, 2.05) is 0 Å². The minimum Gasteiger partial charge on any atom is -0.391 e. The minimum absolute atomic E-state index is 0.0831. The molecule has 0 heterocycles. The molecule has 1 fully saturated rings. The van der Waals surface area contributed by atoms with E-state index < -0.39 is 6.10 Å². The number of carbonyl (C=O) groups is 1. The van der Waals surface area contributed by atoms with Gasteiger partial charge < -0.3 is 10.4 Å². The third kappa shape index (κ3) is 4.51. The zero-order valence-electron chi connectivity index (χ0n) is 10.6. The Labute approximate surface area is 116 Å². The maximum Gasteiger partial charge on any atom is 0.230 e. The Morgan fingerprint density at radius 1 is 1.32 bits per heavy atom. The Hall–Kier alpha value is -1.07. The van der Waals surface area contributed by atoms with E-state index in [9.17, 15) is 14.3 Å². The van der Waals surface area contributed by atoms with Gasteiger partial charge in [-0.25, -0.2) is 4.39 Å². The van der Waals surface area contributed by atoms with Gasteiger partial charge >= 0.3 is 0 Å². The predicted molar refractivity (Wildman–Crippen MR) is 73.5 cm³/mol. The summed E-state index contributed by atoms with van der Waals surface area (Å²) in [5.41, 5.74) is 0. The molecule has 2 unspecified atom stereocenters. The highest BCUT2D eigenvalue weighted by Crippen LogP contribution is 2.20. The quantitative estimate of drug-likeness (QED) is 0.834. The van der Waals surface area contributed by atoms with Crippen LogP contribution in [0.1, 0.15) is 25.7 Å². The van der Waals surface area contributed by atoms with E-state index in [-0.39, 0.29) is 23.5 Å². The van der Waals surface area contributed by atoms with Crippen LogP contribution in [0.4, 0.5) is 4.39 Å². The normalized spacial score (nSPS) is 23.1. The van der Waals surface area contributed by atoms with Crippen LogP contribution in [-0.2, 0) is 4.79 Å². The molecule has 1 amide bonds. The molecule has 1 saturated carbocycles. The second-order valence-corrected chi connectivity index (χ2v) is 5.82. The van der Waals surface area contributed by atoms with Gasteiger partial charge in [-0.2, -0.15) is 0 Å². The summed E-state index contributed by atoms with van der Waals surface area (Å²) in [6.45, 7) is 0. The van der Waals surface area contributed by atoms with Crippen molar-refractivity contribution in [2.45, 2.75) is 42.7 Å². The predicted octanol–water partition coefficient (Wildman–Crippen LogP) is 2.34. The Morgan fingerprint density at radius 3 is 2.68 bits per heavy atom. The fraction of sp³-hybridized carbons (Fsp3) is 0.500. The van der Waals surface area contributed by atoms with E-state index in [1.54, 1.807) is 12.1 Å². The summed E-state index contributed by atoms with van der Waals surface area (Å²) in [5.74, 6) is -0.0751. The fourth-order valence-electron chi connectivity index (χ4n) is 2.21. The second kappa shape index (κ2) is 6.91. The van der Waals surface area contributed by atoms with Crippen LogP contribution in [0.25, 0.3) is 0 Å². The monoisotopic (exact) mass is 283 g/mol. The molecule has 1 aliphatic rings. The SMILES string of the molecule is O=C(CSc1ccc(F)cc1)NC1CCCCC1O. The first-order valence-electron chi connectivity index (χ1n) is 6.51. The van der Waals surface area contributed by atoms with Crippen molar-refractivity contribution in [3.05, 3.63) is 30.1 Å². The summed E-state index contributed by atoms with van der Waals surface area (Å²) >= 11 is 1.37. The molecule has 0 aromatic heterocycles. The molecule has 0 aliphatic heterocycles. The number of hydrogen-bond donors (Lipinski definition) is 2. The van der Waals surface area contributed by atoms with Gasteiger partial charge in [0.25, 0.3) is 0 Å². The highest BCUT2D eigenvalue weighted by molar-refractivity contribution is 8.00. The number of amides is 1. The van der Waals surface area contributed by atoms with Gasteiger partial charge in [0.15, 0.2) is 0 Å². The summed E-state index contributed by atoms with van der Waals surface area (Å²) in [4.78, 5) is 12.6. The molecule has 0 radical (unpaired) electrons. The molecule has 2 atom stereocenters. The summed E-state index contributed by atoms with van der Waals surface area (Å²) < 4.78 is 12.7. The van der Waals surface area contributed by atoms with Crippen molar-refractivity contribution in [3.63, 3.8) is 0 Å². The van der Waals surface area contributed by atoms with Gasteiger partial charge in [0.2, 0.25) is 5.91 Å². The molecule has 3 nitrogen and oxygen atoms in total. The number of thioether (sulfide) groups is 1. The number of aliphatic hydroxyl groups excluding tert-OH is 1. The van der Waals surface area contributed by atoms with Gasteiger partial charge in [0.1, 0.15) is 5.82 Å². The van der Waals surface area contributed by atoms with Gasteiger partial charge in [0.05, 0.1) is 17.9 Å². The minimum atomic E-state index is -0.423. The lowest BCUT2D eigenvalue weighted by atomic mass is 9.93. The van der Waals surface area contributed by atoms with Gasteiger partial charge in [-0.3, -0.25) is 4.79 Å². The number of halogens is 1. The van der Waals surface area contributed by atoms with E-state index in [1.165, 1.54) is 23.9 Å². The first-order chi connectivity index (χ1) is 9.15. The number of benzene rings is 1. The zero-order chi connectivity index (χ0) is 13.7. The molecule has 1 aromatic rings. The smallest absolute Gasteiger partial charge is 0.230 e. The van der Waals surface area contributed by atoms with Gasteiger partial charge in [-0.1, -0.05) is 12.8 Å². The maximum absolute atomic E-state index is 12.7. The van der Waals surface area contributed by atoms with E-state index in [2.05, 4.69) is 5.32 Å². The Bertz CT molecular complexity index is 424. The summed E-state index contributed by atoms with van der Waals surface area (Å²) in [5, 5.41) is 12.6. The lowest BCUT2D eigenvalue weighted by Crippen LogP contribution is -2.45. The third-order valence-corrected chi connectivity index (χ3v) is 4.27. The van der Waals surface area contributed by atoms with Crippen molar-refractivity contribution >= 4 is 17.7 Å². The summed E-state index contributed by atoms with van der Waals surface area (Å²) in [7, 11) is 0. The first-order valence-corrected chi connectivity index (χ1v) is 7.49. The van der Waals surface area contributed by atoms with E-state index in [0.29, 0.717) is 0 Å². The number of nitrogens with one attached hydrogen (secondary N) is 1. The molecule has 0 spiro atoms. The molecular formula is C14H18FNO2S. The number of hydrogen-bond acceptors (Lipinski definition) is 3. The third-order valence-electron chi connectivity index (χ3n) is 3.26. The van der Waals surface area contributed by atoms with Crippen LogP contribution in [0.2, 0.25) is 0 Å². The summed E-state index contributed by atoms with van der Waals surface area (Å²) in [6, 6.07) is 5.96. The fourth-order valence-corrected chi connectivity index (χ4v) is 2.92. The number of aliphatic hydroxyl groups is 1. The van der Waals surface area contributed by atoms with Crippen LogP contribution < -0.4 is 5.32 Å². The largest absolute Gasteiger partial charge is 0.391 e.